The molecule has 1 aliphatic heterocycles. The summed E-state index contributed by atoms with van der Waals surface area (Å²) in [5.41, 5.74) is 0.737. The second-order valence-corrected chi connectivity index (χ2v) is 10.4. The van der Waals surface area contributed by atoms with Crippen molar-refractivity contribution >= 4 is 11.9 Å². The van der Waals surface area contributed by atoms with Gasteiger partial charge in [-0.2, -0.15) is 0 Å². The summed E-state index contributed by atoms with van der Waals surface area (Å²) >= 11 is 0. The highest BCUT2D eigenvalue weighted by molar-refractivity contribution is 5.94. The van der Waals surface area contributed by atoms with Crippen LogP contribution in [0.4, 0.5) is 5.95 Å². The Kier molecular flexibility index (Phi) is 5.00. The van der Waals surface area contributed by atoms with E-state index < -0.39 is 0 Å². The Labute approximate surface area is 162 Å². The number of carbonyl (C=O) groups excluding carboxylic acids is 1. The van der Waals surface area contributed by atoms with Gasteiger partial charge in [-0.15, -0.1) is 0 Å². The smallest absolute Gasteiger partial charge is 0.254 e. The maximum absolute atomic E-state index is 12.7. The predicted molar refractivity (Wildman–Crippen MR) is 107 cm³/mol. The molecule has 1 atom stereocenters. The van der Waals surface area contributed by atoms with E-state index in [-0.39, 0.29) is 34.8 Å². The minimum absolute atomic E-state index is 0.00773. The van der Waals surface area contributed by atoms with Crippen molar-refractivity contribution in [2.75, 3.05) is 24.6 Å². The number of nitrogens with one attached hydrogen (secondary N) is 1. The first-order chi connectivity index (χ1) is 12.5. The van der Waals surface area contributed by atoms with Crippen molar-refractivity contribution < 1.29 is 9.90 Å². The zero-order chi connectivity index (χ0) is 20.0. The fourth-order valence-corrected chi connectivity index (χ4v) is 5.42. The molecule has 1 saturated heterocycles. The summed E-state index contributed by atoms with van der Waals surface area (Å²) in [5, 5.41) is 12.7. The van der Waals surface area contributed by atoms with Gasteiger partial charge < -0.3 is 15.3 Å². The fourth-order valence-electron chi connectivity index (χ4n) is 5.42. The van der Waals surface area contributed by atoms with Gasteiger partial charge in [0, 0.05) is 38.1 Å². The van der Waals surface area contributed by atoms with Crippen molar-refractivity contribution in [1.29, 1.82) is 0 Å². The molecular weight excluding hydrogens is 340 g/mol. The third-order valence-electron chi connectivity index (χ3n) is 6.60. The number of piperidine rings is 1. The van der Waals surface area contributed by atoms with Gasteiger partial charge in [0.1, 0.15) is 0 Å². The van der Waals surface area contributed by atoms with Crippen LogP contribution in [-0.2, 0) is 0 Å². The number of hydrogen-bond acceptors (Lipinski definition) is 5. The van der Waals surface area contributed by atoms with E-state index in [1.807, 2.05) is 0 Å². The average molecular weight is 375 g/mol. The molecule has 1 aromatic rings. The molecule has 3 rings (SSSR count). The first kappa shape index (κ1) is 20.1. The van der Waals surface area contributed by atoms with E-state index in [1.54, 1.807) is 12.4 Å². The fraction of sp³-hybridized carbons (Fsp3) is 0.762. The van der Waals surface area contributed by atoms with Gasteiger partial charge in [0.05, 0.1) is 5.56 Å². The molecule has 1 aliphatic carbocycles. The van der Waals surface area contributed by atoms with Gasteiger partial charge in [0.15, 0.2) is 0 Å². The van der Waals surface area contributed by atoms with Crippen LogP contribution in [0.3, 0.4) is 0 Å². The van der Waals surface area contributed by atoms with Crippen LogP contribution in [-0.4, -0.2) is 46.7 Å². The van der Waals surface area contributed by atoms with E-state index in [4.69, 9.17) is 0 Å². The van der Waals surface area contributed by atoms with Crippen molar-refractivity contribution in [2.45, 2.75) is 60.4 Å². The molecule has 150 valence electrons. The zero-order valence-electron chi connectivity index (χ0n) is 17.5. The monoisotopic (exact) mass is 374 g/mol. The minimum atomic E-state index is -0.105. The van der Waals surface area contributed by atoms with Crippen molar-refractivity contribution in [1.82, 2.24) is 15.3 Å². The molecule has 2 N–H and O–H groups in total. The summed E-state index contributed by atoms with van der Waals surface area (Å²) in [5.74, 6) is 0.847. The van der Waals surface area contributed by atoms with E-state index in [0.717, 1.165) is 25.9 Å². The molecule has 2 heterocycles. The number of aromatic nitrogens is 2. The third-order valence-corrected chi connectivity index (χ3v) is 6.60. The van der Waals surface area contributed by atoms with Gasteiger partial charge in [-0.1, -0.05) is 41.5 Å². The van der Waals surface area contributed by atoms with Gasteiger partial charge in [-0.25, -0.2) is 9.97 Å². The Balaban J connectivity index is 1.66. The number of aliphatic hydroxyl groups is 1. The first-order valence-electron chi connectivity index (χ1n) is 9.95. The Morgan fingerprint density at radius 1 is 1.15 bits per heavy atom. The summed E-state index contributed by atoms with van der Waals surface area (Å²) in [6, 6.07) is 0.149. The van der Waals surface area contributed by atoms with E-state index in [9.17, 15) is 9.90 Å². The number of nitrogens with zero attached hydrogens (tertiary/aromatic N) is 3. The highest BCUT2D eigenvalue weighted by Gasteiger charge is 2.53. The largest absolute Gasteiger partial charge is 0.396 e. The molecular formula is C21H34N4O2. The number of hydrogen-bond donors (Lipinski definition) is 2. The Morgan fingerprint density at radius 2 is 1.74 bits per heavy atom. The predicted octanol–water partition coefficient (Wildman–Crippen LogP) is 2.88. The van der Waals surface area contributed by atoms with E-state index >= 15 is 0 Å². The molecule has 0 aromatic carbocycles. The van der Waals surface area contributed by atoms with Crippen LogP contribution in [0.25, 0.3) is 0 Å². The molecule has 6 nitrogen and oxygen atoms in total. The molecule has 0 radical (unpaired) electrons. The number of rotatable bonds is 4. The molecule has 0 spiro atoms. The topological polar surface area (TPSA) is 78.4 Å². The maximum atomic E-state index is 12.7. The van der Waals surface area contributed by atoms with E-state index in [0.29, 0.717) is 17.4 Å². The second-order valence-electron chi connectivity index (χ2n) is 10.4. The summed E-state index contributed by atoms with van der Waals surface area (Å²) < 4.78 is 0. The van der Waals surface area contributed by atoms with Gasteiger partial charge in [0.25, 0.3) is 5.91 Å². The number of amides is 1. The molecule has 6 heteroatoms. The van der Waals surface area contributed by atoms with Gasteiger partial charge >= 0.3 is 0 Å². The molecule has 1 aromatic heterocycles. The standard InChI is InChI=1S/C21H34N4O2/c1-19(2)12-20(3,4)17(19)24-16(27)14-9-22-18(23-10-14)25-8-7-15(11-26)21(5,6)13-25/h9-10,15,17,26H,7-8,11-13H2,1-6H3,(H,24,27). The molecule has 1 saturated carbocycles. The van der Waals surface area contributed by atoms with Crippen LogP contribution in [0.1, 0.15) is 64.7 Å². The van der Waals surface area contributed by atoms with Crippen LogP contribution in [0.5, 0.6) is 0 Å². The number of anilines is 1. The number of carbonyl (C=O) groups is 1. The summed E-state index contributed by atoms with van der Waals surface area (Å²) in [4.78, 5) is 23.7. The van der Waals surface area contributed by atoms with Crippen molar-refractivity contribution in [2.24, 2.45) is 22.2 Å². The summed E-state index contributed by atoms with van der Waals surface area (Å²) in [6.07, 6.45) is 5.27. The third kappa shape index (κ3) is 3.82. The van der Waals surface area contributed by atoms with Gasteiger partial charge in [-0.3, -0.25) is 4.79 Å². The molecule has 27 heavy (non-hydrogen) atoms. The second kappa shape index (κ2) is 6.73. The van der Waals surface area contributed by atoms with Gasteiger partial charge in [0.2, 0.25) is 5.95 Å². The van der Waals surface area contributed by atoms with Crippen molar-refractivity contribution in [3.05, 3.63) is 18.0 Å². The lowest BCUT2D eigenvalue weighted by Crippen LogP contribution is -2.63. The minimum Gasteiger partial charge on any atom is -0.396 e. The average Bonchev–Trinajstić information content (AvgIpc) is 2.57. The van der Waals surface area contributed by atoms with Crippen LogP contribution in [0.15, 0.2) is 12.4 Å². The van der Waals surface area contributed by atoms with Crippen molar-refractivity contribution in [3.63, 3.8) is 0 Å². The Bertz CT molecular complexity index is 683. The van der Waals surface area contributed by atoms with Crippen LogP contribution < -0.4 is 10.2 Å². The van der Waals surface area contributed by atoms with Crippen LogP contribution in [0, 0.1) is 22.2 Å². The van der Waals surface area contributed by atoms with E-state index in [2.05, 4.69) is 61.7 Å². The highest BCUT2D eigenvalue weighted by Crippen LogP contribution is 2.53. The molecule has 1 amide bonds. The van der Waals surface area contributed by atoms with Crippen molar-refractivity contribution in [3.8, 4) is 0 Å². The molecule has 1 unspecified atom stereocenters. The van der Waals surface area contributed by atoms with Crippen LogP contribution >= 0.6 is 0 Å². The number of aliphatic hydroxyl groups excluding tert-OH is 1. The van der Waals surface area contributed by atoms with Crippen LogP contribution in [0.2, 0.25) is 0 Å². The Morgan fingerprint density at radius 3 is 2.22 bits per heavy atom. The molecule has 2 aliphatic rings. The zero-order valence-corrected chi connectivity index (χ0v) is 17.5. The lowest BCUT2D eigenvalue weighted by molar-refractivity contribution is -0.0366. The first-order valence-corrected chi connectivity index (χ1v) is 9.95. The van der Waals surface area contributed by atoms with Gasteiger partial charge in [-0.05, 0) is 35.0 Å². The molecule has 0 bridgehead atoms. The molecule has 2 fully saturated rings. The quantitative estimate of drug-likeness (QED) is 0.847. The van der Waals surface area contributed by atoms with E-state index in [1.165, 1.54) is 0 Å². The highest BCUT2D eigenvalue weighted by atomic mass is 16.3. The lowest BCUT2D eigenvalue weighted by Gasteiger charge is -2.57. The summed E-state index contributed by atoms with van der Waals surface area (Å²) in [6.45, 7) is 15.0. The maximum Gasteiger partial charge on any atom is 0.254 e. The normalized spacial score (nSPS) is 26.3. The lowest BCUT2D eigenvalue weighted by atomic mass is 9.52. The Hall–Kier alpha value is -1.69. The SMILES string of the molecule is CC1(C)CN(c2ncc(C(=O)NC3C(C)(C)CC3(C)C)cn2)CCC1CO. The summed E-state index contributed by atoms with van der Waals surface area (Å²) in [7, 11) is 0.